The number of ether oxygens (including phenoxy) is 1. The molecule has 2 heterocycles. The van der Waals surface area contributed by atoms with Crippen LogP contribution < -0.4 is 15.8 Å². The number of nitrogens with one attached hydrogen (secondary N) is 1. The van der Waals surface area contributed by atoms with Gasteiger partial charge < -0.3 is 15.8 Å². The van der Waals surface area contributed by atoms with E-state index < -0.39 is 0 Å². The normalized spacial score (nSPS) is 10.5. The first kappa shape index (κ1) is 15.1. The SMILES string of the molecule is CCCOc1nc(NCCc2ccc(Br)s2)ccc1N. The van der Waals surface area contributed by atoms with Crippen molar-refractivity contribution >= 4 is 38.8 Å². The van der Waals surface area contributed by atoms with Crippen molar-refractivity contribution in [3.8, 4) is 5.88 Å². The molecule has 20 heavy (non-hydrogen) atoms. The first-order valence-corrected chi connectivity index (χ1v) is 8.17. The third-order valence-corrected chi connectivity index (χ3v) is 4.32. The minimum Gasteiger partial charge on any atom is -0.476 e. The zero-order chi connectivity index (χ0) is 14.4. The van der Waals surface area contributed by atoms with Crippen molar-refractivity contribution in [3.63, 3.8) is 0 Å². The summed E-state index contributed by atoms with van der Waals surface area (Å²) in [5.74, 6) is 1.30. The quantitative estimate of drug-likeness (QED) is 0.789. The number of hydrogen-bond donors (Lipinski definition) is 2. The van der Waals surface area contributed by atoms with Gasteiger partial charge in [-0.05, 0) is 53.0 Å². The highest BCUT2D eigenvalue weighted by molar-refractivity contribution is 9.11. The molecule has 0 aliphatic heterocycles. The topological polar surface area (TPSA) is 60.2 Å². The molecule has 0 atom stereocenters. The van der Waals surface area contributed by atoms with Crippen LogP contribution >= 0.6 is 27.3 Å². The van der Waals surface area contributed by atoms with Crippen LogP contribution in [0.3, 0.4) is 0 Å². The molecule has 6 heteroatoms. The summed E-state index contributed by atoms with van der Waals surface area (Å²) < 4.78 is 6.67. The Balaban J connectivity index is 1.89. The van der Waals surface area contributed by atoms with Gasteiger partial charge in [0.05, 0.1) is 16.1 Å². The molecule has 3 N–H and O–H groups in total. The van der Waals surface area contributed by atoms with Gasteiger partial charge in [-0.2, -0.15) is 4.98 Å². The van der Waals surface area contributed by atoms with E-state index in [1.165, 1.54) is 4.88 Å². The number of rotatable bonds is 7. The molecule has 2 rings (SSSR count). The summed E-state index contributed by atoms with van der Waals surface area (Å²) in [6.45, 7) is 3.51. The molecule has 0 saturated heterocycles. The van der Waals surface area contributed by atoms with E-state index in [9.17, 15) is 0 Å². The van der Waals surface area contributed by atoms with Crippen molar-refractivity contribution in [2.75, 3.05) is 24.2 Å². The average molecular weight is 356 g/mol. The van der Waals surface area contributed by atoms with E-state index in [-0.39, 0.29) is 0 Å². The number of nitrogen functional groups attached to an aromatic ring is 1. The zero-order valence-electron chi connectivity index (χ0n) is 11.4. The average Bonchev–Trinajstić information content (AvgIpc) is 2.85. The van der Waals surface area contributed by atoms with E-state index >= 15 is 0 Å². The lowest BCUT2D eigenvalue weighted by Crippen LogP contribution is -2.08. The monoisotopic (exact) mass is 355 g/mol. The standard InChI is InChI=1S/C14H18BrN3OS/c1-2-9-19-14-11(16)4-6-13(18-14)17-8-7-10-3-5-12(15)20-10/h3-6H,2,7-9,16H2,1H3,(H,17,18). The molecule has 2 aromatic rings. The Hall–Kier alpha value is -1.27. The Morgan fingerprint density at radius 3 is 2.90 bits per heavy atom. The molecule has 0 aliphatic carbocycles. The van der Waals surface area contributed by atoms with Gasteiger partial charge in [-0.3, -0.25) is 0 Å². The van der Waals surface area contributed by atoms with E-state index in [1.807, 2.05) is 12.1 Å². The minimum absolute atomic E-state index is 0.510. The van der Waals surface area contributed by atoms with Crippen molar-refractivity contribution in [2.45, 2.75) is 19.8 Å². The lowest BCUT2D eigenvalue weighted by molar-refractivity contribution is 0.307. The molecular formula is C14H18BrN3OS. The maximum absolute atomic E-state index is 5.83. The molecule has 0 aromatic carbocycles. The molecule has 0 radical (unpaired) electrons. The summed E-state index contributed by atoms with van der Waals surface area (Å²) >= 11 is 5.22. The summed E-state index contributed by atoms with van der Waals surface area (Å²) in [6.07, 6.45) is 1.90. The summed E-state index contributed by atoms with van der Waals surface area (Å²) in [6, 6.07) is 7.89. The van der Waals surface area contributed by atoms with Gasteiger partial charge in [-0.15, -0.1) is 11.3 Å². The first-order valence-electron chi connectivity index (χ1n) is 6.56. The summed E-state index contributed by atoms with van der Waals surface area (Å²) in [5, 5.41) is 3.29. The maximum Gasteiger partial charge on any atom is 0.239 e. The third kappa shape index (κ3) is 4.38. The number of aromatic nitrogens is 1. The Morgan fingerprint density at radius 2 is 2.20 bits per heavy atom. The van der Waals surface area contributed by atoms with Crippen molar-refractivity contribution in [1.82, 2.24) is 4.98 Å². The summed E-state index contributed by atoms with van der Waals surface area (Å²) in [5.41, 5.74) is 6.41. The highest BCUT2D eigenvalue weighted by Crippen LogP contribution is 2.23. The number of nitrogens with zero attached hydrogens (tertiary/aromatic N) is 1. The molecule has 0 aliphatic rings. The van der Waals surface area contributed by atoms with Crippen LogP contribution in [0, 0.1) is 0 Å². The van der Waals surface area contributed by atoms with Gasteiger partial charge in [-0.25, -0.2) is 0 Å². The first-order chi connectivity index (χ1) is 9.69. The fourth-order valence-corrected chi connectivity index (χ4v) is 3.15. The van der Waals surface area contributed by atoms with Crippen molar-refractivity contribution < 1.29 is 4.74 Å². The largest absolute Gasteiger partial charge is 0.476 e. The fourth-order valence-electron chi connectivity index (χ4n) is 1.66. The van der Waals surface area contributed by atoms with Gasteiger partial charge in [0.2, 0.25) is 5.88 Å². The number of hydrogen-bond acceptors (Lipinski definition) is 5. The van der Waals surface area contributed by atoms with Crippen LogP contribution in [0.4, 0.5) is 11.5 Å². The van der Waals surface area contributed by atoms with E-state index in [0.29, 0.717) is 18.2 Å². The zero-order valence-corrected chi connectivity index (χ0v) is 13.8. The molecular weight excluding hydrogens is 338 g/mol. The van der Waals surface area contributed by atoms with Gasteiger partial charge in [-0.1, -0.05) is 6.92 Å². The lowest BCUT2D eigenvalue weighted by Gasteiger charge is -2.10. The molecule has 0 amide bonds. The predicted molar refractivity (Wildman–Crippen MR) is 88.6 cm³/mol. The molecule has 0 saturated carbocycles. The van der Waals surface area contributed by atoms with E-state index in [1.54, 1.807) is 11.3 Å². The lowest BCUT2D eigenvalue weighted by atomic mass is 10.3. The van der Waals surface area contributed by atoms with Gasteiger partial charge in [0.1, 0.15) is 5.82 Å². The second-order valence-electron chi connectivity index (χ2n) is 4.32. The number of thiophene rings is 1. The Bertz CT molecular complexity index is 559. The molecule has 108 valence electrons. The van der Waals surface area contributed by atoms with E-state index in [2.05, 4.69) is 45.3 Å². The third-order valence-electron chi connectivity index (χ3n) is 2.64. The van der Waals surface area contributed by atoms with Gasteiger partial charge in [0.15, 0.2) is 0 Å². The van der Waals surface area contributed by atoms with Crippen LogP contribution in [0.25, 0.3) is 0 Å². The van der Waals surface area contributed by atoms with Crippen LogP contribution in [-0.4, -0.2) is 18.1 Å². The van der Waals surface area contributed by atoms with Crippen LogP contribution in [0.15, 0.2) is 28.1 Å². The smallest absolute Gasteiger partial charge is 0.239 e. The Labute approximate surface area is 131 Å². The van der Waals surface area contributed by atoms with E-state index in [4.69, 9.17) is 10.5 Å². The summed E-state index contributed by atoms with van der Waals surface area (Å²) in [4.78, 5) is 5.72. The van der Waals surface area contributed by atoms with Crippen molar-refractivity contribution in [1.29, 1.82) is 0 Å². The fraction of sp³-hybridized carbons (Fsp3) is 0.357. The molecule has 0 fully saturated rings. The van der Waals surface area contributed by atoms with Crippen LogP contribution in [0.1, 0.15) is 18.2 Å². The summed E-state index contributed by atoms with van der Waals surface area (Å²) in [7, 11) is 0. The number of nitrogens with two attached hydrogens (primary N) is 1. The number of pyridine rings is 1. The molecule has 0 spiro atoms. The van der Waals surface area contributed by atoms with Crippen molar-refractivity contribution in [3.05, 3.63) is 32.9 Å². The Morgan fingerprint density at radius 1 is 1.35 bits per heavy atom. The molecule has 0 bridgehead atoms. The molecule has 0 unspecified atom stereocenters. The minimum atomic E-state index is 0.510. The number of halogens is 1. The van der Waals surface area contributed by atoms with Crippen LogP contribution in [-0.2, 0) is 6.42 Å². The Kier molecular flexibility index (Phi) is 5.67. The van der Waals surface area contributed by atoms with Gasteiger partial charge >= 0.3 is 0 Å². The van der Waals surface area contributed by atoms with Crippen LogP contribution in [0.2, 0.25) is 0 Å². The van der Waals surface area contributed by atoms with Gasteiger partial charge in [0, 0.05) is 11.4 Å². The second-order valence-corrected chi connectivity index (χ2v) is 6.87. The molecule has 2 aromatic heterocycles. The number of anilines is 2. The highest BCUT2D eigenvalue weighted by Gasteiger charge is 2.04. The molecule has 4 nitrogen and oxygen atoms in total. The maximum atomic E-state index is 5.83. The predicted octanol–water partition coefficient (Wildman–Crippen LogP) is 3.93. The highest BCUT2D eigenvalue weighted by atomic mass is 79.9. The van der Waals surface area contributed by atoms with Crippen molar-refractivity contribution in [2.24, 2.45) is 0 Å². The van der Waals surface area contributed by atoms with Gasteiger partial charge in [0.25, 0.3) is 0 Å². The van der Waals surface area contributed by atoms with Crippen LogP contribution in [0.5, 0.6) is 5.88 Å². The second kappa shape index (κ2) is 7.50. The van der Waals surface area contributed by atoms with E-state index in [0.717, 1.165) is 29.0 Å².